The number of hydrogen-bond acceptors (Lipinski definition) is 15. The number of carboxylic acids is 1. The normalized spacial score (nSPS) is 16.8. The lowest BCUT2D eigenvalue weighted by atomic mass is 9.84. The van der Waals surface area contributed by atoms with E-state index in [9.17, 15) is 32.5 Å². The SMILES string of the molecule is Cn1c(N)c(-c2ccc(OC[C@H](O/N=C(\C(=O)NC3C(=O)N(OS(=O)(=O)[O-])C3(C)C)c3csc(N)n3)C(=O)O)cc2)c[n+]1CCCN. The fourth-order valence-electron chi connectivity index (χ4n) is 4.49. The molecule has 2 amide bonds. The number of aliphatic carboxylic acids is 1. The van der Waals surface area contributed by atoms with Crippen molar-refractivity contribution in [2.45, 2.75) is 44.5 Å². The molecule has 47 heavy (non-hydrogen) atoms. The van der Waals surface area contributed by atoms with E-state index in [-0.39, 0.29) is 10.8 Å². The van der Waals surface area contributed by atoms with E-state index in [1.807, 2.05) is 22.6 Å². The van der Waals surface area contributed by atoms with Gasteiger partial charge >= 0.3 is 5.97 Å². The number of anilines is 2. The van der Waals surface area contributed by atoms with Crippen LogP contribution in [0, 0.1) is 0 Å². The summed E-state index contributed by atoms with van der Waals surface area (Å²) in [5.74, 6) is -2.70. The van der Waals surface area contributed by atoms with Crippen molar-refractivity contribution in [2.24, 2.45) is 17.9 Å². The molecule has 8 N–H and O–H groups in total. The van der Waals surface area contributed by atoms with Crippen molar-refractivity contribution < 1.29 is 51.0 Å². The molecule has 1 aliphatic rings. The monoisotopic (exact) mass is 695 g/mol. The van der Waals surface area contributed by atoms with Crippen LogP contribution in [0.25, 0.3) is 11.1 Å². The van der Waals surface area contributed by atoms with Gasteiger partial charge in [0.25, 0.3) is 17.9 Å². The van der Waals surface area contributed by atoms with E-state index in [2.05, 4.69) is 19.7 Å². The highest BCUT2D eigenvalue weighted by Gasteiger charge is 2.57. The number of carboxylic acid groups (broad SMARTS) is 1. The second-order valence-corrected chi connectivity index (χ2v) is 12.6. The first kappa shape index (κ1) is 35.0. The molecule has 254 valence electrons. The number of rotatable bonds is 15. The summed E-state index contributed by atoms with van der Waals surface area (Å²) < 4.78 is 46.5. The van der Waals surface area contributed by atoms with Crippen LogP contribution in [0.1, 0.15) is 26.0 Å². The minimum atomic E-state index is -5.27. The minimum absolute atomic E-state index is 0.0463. The van der Waals surface area contributed by atoms with Gasteiger partial charge in [-0.15, -0.1) is 20.7 Å². The van der Waals surface area contributed by atoms with Gasteiger partial charge in [-0.25, -0.2) is 18.2 Å². The average Bonchev–Trinajstić information content (AvgIpc) is 3.56. The number of hydroxylamine groups is 2. The lowest BCUT2D eigenvalue weighted by molar-refractivity contribution is -0.772. The predicted octanol–water partition coefficient (Wildman–Crippen LogP) is -1.30. The smallest absolute Gasteiger partial charge is 0.351 e. The molecular formula is C26H33N9O10S2. The number of benzene rings is 1. The number of aromatic nitrogens is 3. The van der Waals surface area contributed by atoms with Crippen molar-refractivity contribution in [2.75, 3.05) is 24.6 Å². The molecule has 0 saturated carbocycles. The molecule has 1 unspecified atom stereocenters. The maximum absolute atomic E-state index is 13.2. The Bertz CT molecular complexity index is 1790. The van der Waals surface area contributed by atoms with Gasteiger partial charge in [0.1, 0.15) is 24.1 Å². The number of amides is 2. The largest absolute Gasteiger partial charge is 0.724 e. The first-order valence-corrected chi connectivity index (χ1v) is 16.0. The molecule has 0 bridgehead atoms. The summed E-state index contributed by atoms with van der Waals surface area (Å²) in [5, 5.41) is 17.5. The van der Waals surface area contributed by atoms with Gasteiger partial charge in [-0.05, 0) is 38.1 Å². The van der Waals surface area contributed by atoms with Crippen LogP contribution in [0.4, 0.5) is 10.9 Å². The van der Waals surface area contributed by atoms with Crippen molar-refractivity contribution in [3.63, 3.8) is 0 Å². The van der Waals surface area contributed by atoms with Crippen LogP contribution in [0.3, 0.4) is 0 Å². The van der Waals surface area contributed by atoms with E-state index in [0.717, 1.165) is 28.9 Å². The third kappa shape index (κ3) is 7.94. The van der Waals surface area contributed by atoms with Crippen LogP contribution >= 0.6 is 11.3 Å². The third-order valence-corrected chi connectivity index (χ3v) is 8.10. The van der Waals surface area contributed by atoms with Crippen LogP contribution in [-0.4, -0.2) is 87.1 Å². The van der Waals surface area contributed by atoms with Crippen molar-refractivity contribution in [1.82, 2.24) is 20.0 Å². The van der Waals surface area contributed by atoms with Gasteiger partial charge in [0.05, 0.1) is 18.2 Å². The number of ether oxygens (including phenoxy) is 1. The fraction of sp³-hybridized carbons (Fsp3) is 0.385. The highest BCUT2D eigenvalue weighted by Crippen LogP contribution is 2.33. The number of hydrogen-bond donors (Lipinski definition) is 5. The summed E-state index contributed by atoms with van der Waals surface area (Å²) in [7, 11) is -3.44. The van der Waals surface area contributed by atoms with E-state index >= 15 is 0 Å². The molecule has 4 rings (SSSR count). The second kappa shape index (κ2) is 13.9. The molecule has 19 nitrogen and oxygen atoms in total. The summed E-state index contributed by atoms with van der Waals surface area (Å²) in [6.45, 7) is 3.36. The van der Waals surface area contributed by atoms with E-state index < -0.39 is 58.2 Å². The standard InChI is InChI=1S/C26H33N9O10S2/c1-26(2)20(23(37)35(26)45-47(40,41)42)31-22(36)19(17-13-46-25(29)30-17)32-44-18(24(38)39)12-43-15-7-5-14(6-8-15)16-11-34(10-4-9-27)33(3)21(16)28/h5-8,11,13,18,20,28H,4,9-10,12,27H2,1-3H3,(H5,29,30,31,36,38,39,40,41,42)/b32-19-/t18-,20?/m0/s1. The first-order valence-electron chi connectivity index (χ1n) is 13.8. The Morgan fingerprint density at radius 1 is 1.28 bits per heavy atom. The number of thiazole rings is 1. The highest BCUT2D eigenvalue weighted by molar-refractivity contribution is 7.80. The number of nitrogens with zero attached hydrogens (tertiary/aromatic N) is 5. The van der Waals surface area contributed by atoms with E-state index in [1.165, 1.54) is 19.2 Å². The number of carbonyl (C=O) groups excluding carboxylic acids is 2. The molecule has 21 heteroatoms. The maximum atomic E-state index is 13.2. The van der Waals surface area contributed by atoms with E-state index in [0.29, 0.717) is 29.7 Å². The quantitative estimate of drug-likeness (QED) is 0.0309. The zero-order valence-corrected chi connectivity index (χ0v) is 27.0. The van der Waals surface area contributed by atoms with Crippen molar-refractivity contribution in [3.05, 3.63) is 41.5 Å². The Morgan fingerprint density at radius 2 is 1.96 bits per heavy atom. The molecule has 1 saturated heterocycles. The zero-order valence-electron chi connectivity index (χ0n) is 25.4. The minimum Gasteiger partial charge on any atom is -0.724 e. The molecule has 0 radical (unpaired) electrons. The second-order valence-electron chi connectivity index (χ2n) is 10.7. The predicted molar refractivity (Wildman–Crippen MR) is 164 cm³/mol. The van der Waals surface area contributed by atoms with Gasteiger partial charge in [-0.2, -0.15) is 9.35 Å². The Kier molecular flexibility index (Phi) is 10.3. The molecule has 1 fully saturated rings. The molecule has 3 heterocycles. The lowest BCUT2D eigenvalue weighted by Crippen LogP contribution is -2.76. The zero-order chi connectivity index (χ0) is 34.7. The Labute approximate surface area is 272 Å². The number of nitrogens with one attached hydrogen (secondary N) is 1. The number of nitrogen functional groups attached to an aromatic ring is 2. The van der Waals surface area contributed by atoms with Crippen LogP contribution in [0.5, 0.6) is 5.75 Å². The van der Waals surface area contributed by atoms with Gasteiger partial charge in [0.15, 0.2) is 23.2 Å². The van der Waals surface area contributed by atoms with Gasteiger partial charge in [0.2, 0.25) is 16.6 Å². The molecule has 0 aliphatic carbocycles. The van der Waals surface area contributed by atoms with Crippen molar-refractivity contribution in [1.29, 1.82) is 0 Å². The number of nitrogens with two attached hydrogens (primary N) is 3. The van der Waals surface area contributed by atoms with Gasteiger partial charge in [-0.3, -0.25) is 9.59 Å². The lowest BCUT2D eigenvalue weighted by Gasteiger charge is -2.51. The van der Waals surface area contributed by atoms with E-state index in [4.69, 9.17) is 26.8 Å². The summed E-state index contributed by atoms with van der Waals surface area (Å²) in [6, 6.07) is 5.38. The van der Waals surface area contributed by atoms with Crippen LogP contribution in [0.2, 0.25) is 0 Å². The molecule has 2 aromatic heterocycles. The first-order chi connectivity index (χ1) is 22.0. The number of β-lactam (4-membered cyclic amide) rings is 1. The number of aryl methyl sites for hydroxylation is 1. The molecule has 0 spiro atoms. The summed E-state index contributed by atoms with van der Waals surface area (Å²) in [4.78, 5) is 46.8. The van der Waals surface area contributed by atoms with Gasteiger partial charge < -0.3 is 41.8 Å². The molecule has 1 aliphatic heterocycles. The Balaban J connectivity index is 1.46. The van der Waals surface area contributed by atoms with Crippen LogP contribution in [0.15, 0.2) is 41.0 Å². The Hall–Kier alpha value is -4.83. The maximum Gasteiger partial charge on any atom is 0.351 e. The number of carbonyl (C=O) groups is 3. The van der Waals surface area contributed by atoms with Crippen molar-refractivity contribution in [3.8, 4) is 16.9 Å². The summed E-state index contributed by atoms with van der Waals surface area (Å²) in [6.07, 6.45) is 0.978. The third-order valence-electron chi connectivity index (χ3n) is 7.09. The van der Waals surface area contributed by atoms with Gasteiger partial charge in [-0.1, -0.05) is 17.3 Å². The molecule has 2 atom stereocenters. The average molecular weight is 696 g/mol. The van der Waals surface area contributed by atoms with Crippen molar-refractivity contribution >= 4 is 56.2 Å². The van der Waals surface area contributed by atoms with Gasteiger partial charge in [0, 0.05) is 11.8 Å². The molecular weight excluding hydrogens is 662 g/mol. The number of oxime groups is 1. The summed E-state index contributed by atoms with van der Waals surface area (Å²) in [5.41, 5.74) is 17.0. The fourth-order valence-corrected chi connectivity index (χ4v) is 5.48. The van der Waals surface area contributed by atoms with Crippen LogP contribution in [-0.2, 0) is 47.5 Å². The molecule has 1 aromatic carbocycles. The highest BCUT2D eigenvalue weighted by atomic mass is 32.3. The van der Waals surface area contributed by atoms with Crippen LogP contribution < -0.4 is 31.9 Å². The van der Waals surface area contributed by atoms with E-state index in [1.54, 1.807) is 24.3 Å². The Morgan fingerprint density at radius 3 is 2.51 bits per heavy atom. The topological polar surface area (TPSA) is 284 Å². The summed E-state index contributed by atoms with van der Waals surface area (Å²) >= 11 is 0.947. The molecule has 3 aromatic rings.